The molecule has 0 saturated heterocycles. The molecule has 0 aliphatic carbocycles. The van der Waals surface area contributed by atoms with Gasteiger partial charge in [0.2, 0.25) is 5.91 Å². The van der Waals surface area contributed by atoms with E-state index in [4.69, 9.17) is 0 Å². The molecule has 2 amide bonds. The molecule has 2 N–H and O–H groups in total. The average molecular weight is 346 g/mol. The first-order valence-corrected chi connectivity index (χ1v) is 7.12. The fourth-order valence-corrected chi connectivity index (χ4v) is 1.67. The number of amides is 2. The SMILES string of the molecule is CCCNC(=O)CNC(=O)COC(=O)c1ccccc1C(F)(F)F. The fraction of sp³-hybridized carbons (Fsp3) is 0.400. The molecule has 6 nitrogen and oxygen atoms in total. The Bertz CT molecular complexity index is 603. The maximum atomic E-state index is 12.8. The minimum Gasteiger partial charge on any atom is -0.452 e. The summed E-state index contributed by atoms with van der Waals surface area (Å²) in [5, 5.41) is 4.71. The smallest absolute Gasteiger partial charge is 0.417 e. The quantitative estimate of drug-likeness (QED) is 0.733. The van der Waals surface area contributed by atoms with E-state index >= 15 is 0 Å². The molecule has 0 atom stereocenters. The van der Waals surface area contributed by atoms with Crippen molar-refractivity contribution in [2.24, 2.45) is 0 Å². The Balaban J connectivity index is 2.52. The Morgan fingerprint density at radius 1 is 1.08 bits per heavy atom. The van der Waals surface area contributed by atoms with Gasteiger partial charge in [-0.1, -0.05) is 19.1 Å². The first kappa shape index (κ1) is 19.5. The zero-order valence-electron chi connectivity index (χ0n) is 12.9. The van der Waals surface area contributed by atoms with E-state index in [1.807, 2.05) is 6.92 Å². The summed E-state index contributed by atoms with van der Waals surface area (Å²) < 4.78 is 42.9. The summed E-state index contributed by atoms with van der Waals surface area (Å²) in [5.74, 6) is -2.48. The van der Waals surface area contributed by atoms with Crippen molar-refractivity contribution in [1.29, 1.82) is 0 Å². The molecule has 0 aliphatic heterocycles. The third kappa shape index (κ3) is 6.27. The van der Waals surface area contributed by atoms with Crippen LogP contribution in [-0.4, -0.2) is 37.5 Å². The van der Waals surface area contributed by atoms with Crippen LogP contribution in [0.5, 0.6) is 0 Å². The lowest BCUT2D eigenvalue weighted by Crippen LogP contribution is -2.39. The highest BCUT2D eigenvalue weighted by Crippen LogP contribution is 2.32. The van der Waals surface area contributed by atoms with Gasteiger partial charge in [-0.2, -0.15) is 13.2 Å². The Kier molecular flexibility index (Phi) is 7.22. The Labute approximate surface area is 136 Å². The van der Waals surface area contributed by atoms with E-state index in [-0.39, 0.29) is 6.54 Å². The van der Waals surface area contributed by atoms with Gasteiger partial charge in [-0.15, -0.1) is 0 Å². The van der Waals surface area contributed by atoms with Crippen LogP contribution in [0.4, 0.5) is 13.2 Å². The summed E-state index contributed by atoms with van der Waals surface area (Å²) in [6.07, 6.45) is -3.98. The van der Waals surface area contributed by atoms with Gasteiger partial charge in [0, 0.05) is 6.54 Å². The second kappa shape index (κ2) is 8.90. The molecule has 0 heterocycles. The van der Waals surface area contributed by atoms with Gasteiger partial charge in [-0.25, -0.2) is 4.79 Å². The van der Waals surface area contributed by atoms with Crippen LogP contribution in [0.3, 0.4) is 0 Å². The number of hydrogen-bond acceptors (Lipinski definition) is 4. The van der Waals surface area contributed by atoms with Crippen LogP contribution in [0.25, 0.3) is 0 Å². The van der Waals surface area contributed by atoms with E-state index in [0.29, 0.717) is 6.54 Å². The van der Waals surface area contributed by atoms with Gasteiger partial charge < -0.3 is 15.4 Å². The van der Waals surface area contributed by atoms with Crippen molar-refractivity contribution in [3.05, 3.63) is 35.4 Å². The topological polar surface area (TPSA) is 84.5 Å². The summed E-state index contributed by atoms with van der Waals surface area (Å²) in [4.78, 5) is 34.4. The monoisotopic (exact) mass is 346 g/mol. The average Bonchev–Trinajstić information content (AvgIpc) is 2.55. The lowest BCUT2D eigenvalue weighted by atomic mass is 10.1. The molecule has 132 valence electrons. The predicted molar refractivity (Wildman–Crippen MR) is 78.0 cm³/mol. The van der Waals surface area contributed by atoms with Crippen LogP contribution in [0, 0.1) is 0 Å². The zero-order valence-corrected chi connectivity index (χ0v) is 12.9. The van der Waals surface area contributed by atoms with Crippen LogP contribution in [0.15, 0.2) is 24.3 Å². The van der Waals surface area contributed by atoms with Gasteiger partial charge in [-0.3, -0.25) is 9.59 Å². The molecule has 0 aliphatic rings. The highest BCUT2D eigenvalue weighted by Gasteiger charge is 2.35. The second-order valence-electron chi connectivity index (χ2n) is 4.75. The number of esters is 1. The second-order valence-corrected chi connectivity index (χ2v) is 4.75. The molecule has 0 spiro atoms. The summed E-state index contributed by atoms with van der Waals surface area (Å²) in [6.45, 7) is 1.22. The van der Waals surface area contributed by atoms with Gasteiger partial charge in [0.05, 0.1) is 17.7 Å². The summed E-state index contributed by atoms with van der Waals surface area (Å²) in [6, 6.07) is 4.10. The van der Waals surface area contributed by atoms with Crippen molar-refractivity contribution >= 4 is 17.8 Å². The maximum absolute atomic E-state index is 12.8. The molecule has 0 saturated carbocycles. The standard InChI is InChI=1S/C15H17F3N2O4/c1-2-7-19-12(21)8-20-13(22)9-24-14(23)10-5-3-4-6-11(10)15(16,17)18/h3-6H,2,7-9H2,1H3,(H,19,21)(H,20,22). The lowest BCUT2D eigenvalue weighted by Gasteiger charge is -2.12. The summed E-state index contributed by atoms with van der Waals surface area (Å²) in [5.41, 5.74) is -1.83. The Morgan fingerprint density at radius 2 is 1.75 bits per heavy atom. The van der Waals surface area contributed by atoms with Crippen molar-refractivity contribution < 1.29 is 32.3 Å². The molecular weight excluding hydrogens is 329 g/mol. The summed E-state index contributed by atoms with van der Waals surface area (Å²) >= 11 is 0. The van der Waals surface area contributed by atoms with Gasteiger partial charge in [-0.05, 0) is 18.6 Å². The van der Waals surface area contributed by atoms with Crippen molar-refractivity contribution in [3.63, 3.8) is 0 Å². The first-order valence-electron chi connectivity index (χ1n) is 7.12. The van der Waals surface area contributed by atoms with Gasteiger partial charge in [0.1, 0.15) is 0 Å². The number of ether oxygens (including phenoxy) is 1. The molecule has 0 fully saturated rings. The highest BCUT2D eigenvalue weighted by molar-refractivity contribution is 5.93. The van der Waals surface area contributed by atoms with Crippen molar-refractivity contribution in [2.45, 2.75) is 19.5 Å². The van der Waals surface area contributed by atoms with E-state index in [9.17, 15) is 27.6 Å². The fourth-order valence-electron chi connectivity index (χ4n) is 1.67. The minimum absolute atomic E-state index is 0.310. The van der Waals surface area contributed by atoms with E-state index < -0.39 is 41.7 Å². The highest BCUT2D eigenvalue weighted by atomic mass is 19.4. The molecular formula is C15H17F3N2O4. The lowest BCUT2D eigenvalue weighted by molar-refractivity contribution is -0.138. The van der Waals surface area contributed by atoms with Crippen molar-refractivity contribution in [1.82, 2.24) is 10.6 Å². The van der Waals surface area contributed by atoms with Crippen LogP contribution in [0.2, 0.25) is 0 Å². The largest absolute Gasteiger partial charge is 0.452 e. The van der Waals surface area contributed by atoms with Crippen LogP contribution < -0.4 is 10.6 Å². The number of benzene rings is 1. The normalized spacial score (nSPS) is 10.8. The molecule has 1 aromatic carbocycles. The third-order valence-electron chi connectivity index (χ3n) is 2.81. The number of hydrogen-bond donors (Lipinski definition) is 2. The number of rotatable bonds is 7. The predicted octanol–water partition coefficient (Wildman–Crippen LogP) is 1.50. The molecule has 0 unspecified atom stereocenters. The number of carbonyl (C=O) groups excluding carboxylic acids is 3. The van der Waals surface area contributed by atoms with E-state index in [0.717, 1.165) is 24.6 Å². The number of nitrogens with one attached hydrogen (secondary N) is 2. The molecule has 1 aromatic rings. The van der Waals surface area contributed by atoms with Crippen LogP contribution in [-0.2, 0) is 20.5 Å². The molecule has 24 heavy (non-hydrogen) atoms. The van der Waals surface area contributed by atoms with Crippen LogP contribution >= 0.6 is 0 Å². The number of halogens is 3. The molecule has 0 aromatic heterocycles. The molecule has 0 radical (unpaired) electrons. The van der Waals surface area contributed by atoms with E-state index in [2.05, 4.69) is 15.4 Å². The Morgan fingerprint density at radius 3 is 2.38 bits per heavy atom. The molecule has 9 heteroatoms. The third-order valence-corrected chi connectivity index (χ3v) is 2.81. The van der Waals surface area contributed by atoms with Gasteiger partial charge in [0.15, 0.2) is 6.61 Å². The van der Waals surface area contributed by atoms with E-state index in [1.165, 1.54) is 6.07 Å². The zero-order chi connectivity index (χ0) is 18.2. The first-order chi connectivity index (χ1) is 11.3. The van der Waals surface area contributed by atoms with Crippen LogP contribution in [0.1, 0.15) is 29.3 Å². The molecule has 1 rings (SSSR count). The van der Waals surface area contributed by atoms with Gasteiger partial charge in [0.25, 0.3) is 5.91 Å². The minimum atomic E-state index is -4.71. The number of carbonyl (C=O) groups is 3. The van der Waals surface area contributed by atoms with E-state index in [1.54, 1.807) is 0 Å². The van der Waals surface area contributed by atoms with Gasteiger partial charge >= 0.3 is 12.1 Å². The maximum Gasteiger partial charge on any atom is 0.417 e. The Hall–Kier alpha value is -2.58. The van der Waals surface area contributed by atoms with Crippen molar-refractivity contribution in [3.8, 4) is 0 Å². The van der Waals surface area contributed by atoms with Crippen molar-refractivity contribution in [2.75, 3.05) is 19.7 Å². The summed E-state index contributed by atoms with van der Waals surface area (Å²) in [7, 11) is 0. The number of alkyl halides is 3. The molecule has 0 bridgehead atoms.